The van der Waals surface area contributed by atoms with Crippen LogP contribution in [0.15, 0.2) is 24.3 Å². The smallest absolute Gasteiger partial charge is 0.0681 e. The molecule has 1 aromatic rings. The number of aliphatic hydroxyl groups is 1. The third-order valence-corrected chi connectivity index (χ3v) is 3.65. The van der Waals surface area contributed by atoms with Crippen LogP contribution < -0.4 is 0 Å². The van der Waals surface area contributed by atoms with Crippen molar-refractivity contribution in [3.63, 3.8) is 0 Å². The van der Waals surface area contributed by atoms with Crippen molar-refractivity contribution in [2.24, 2.45) is 5.92 Å². The fourth-order valence-corrected chi connectivity index (χ4v) is 2.49. The number of hydrogen-bond acceptors (Lipinski definition) is 1. The summed E-state index contributed by atoms with van der Waals surface area (Å²) in [4.78, 5) is 0. The summed E-state index contributed by atoms with van der Waals surface area (Å²) in [5, 5.41) is 8.97. The molecule has 0 heterocycles. The second-order valence-corrected chi connectivity index (χ2v) is 4.86. The molecule has 0 bridgehead atoms. The summed E-state index contributed by atoms with van der Waals surface area (Å²) in [5.74, 6) is 1.67. The van der Waals surface area contributed by atoms with Crippen molar-refractivity contribution in [2.45, 2.75) is 45.1 Å². The quantitative estimate of drug-likeness (QED) is 0.782. The number of aliphatic hydroxyl groups excluding tert-OH is 1. The second-order valence-electron chi connectivity index (χ2n) is 4.86. The van der Waals surface area contributed by atoms with Gasteiger partial charge in [0.25, 0.3) is 0 Å². The summed E-state index contributed by atoms with van der Waals surface area (Å²) >= 11 is 0. The van der Waals surface area contributed by atoms with Crippen molar-refractivity contribution in [1.82, 2.24) is 0 Å². The highest BCUT2D eigenvalue weighted by Gasteiger charge is 2.19. The maximum atomic E-state index is 8.97. The standard InChI is InChI=1S/C14H20O/c1-11-2-6-13(7-3-11)14-8-4-12(10-15)5-9-14/h4-5,8-9,11,13,15H,2-3,6-7,10H2,1H3. The highest BCUT2D eigenvalue weighted by Crippen LogP contribution is 2.35. The van der Waals surface area contributed by atoms with E-state index in [1.165, 1.54) is 31.2 Å². The van der Waals surface area contributed by atoms with Gasteiger partial charge in [0.1, 0.15) is 0 Å². The molecule has 0 amide bonds. The van der Waals surface area contributed by atoms with Crippen LogP contribution in [-0.2, 0) is 6.61 Å². The molecule has 82 valence electrons. The van der Waals surface area contributed by atoms with E-state index in [9.17, 15) is 0 Å². The van der Waals surface area contributed by atoms with Crippen LogP contribution in [0.25, 0.3) is 0 Å². The van der Waals surface area contributed by atoms with Gasteiger partial charge in [-0.25, -0.2) is 0 Å². The zero-order valence-electron chi connectivity index (χ0n) is 9.45. The summed E-state index contributed by atoms with van der Waals surface area (Å²) in [6.45, 7) is 2.51. The third kappa shape index (κ3) is 2.60. The molecule has 1 N–H and O–H groups in total. The monoisotopic (exact) mass is 204 g/mol. The van der Waals surface area contributed by atoms with Crippen molar-refractivity contribution < 1.29 is 5.11 Å². The van der Waals surface area contributed by atoms with E-state index in [4.69, 9.17) is 5.11 Å². The molecule has 1 aromatic carbocycles. The van der Waals surface area contributed by atoms with Gasteiger partial charge >= 0.3 is 0 Å². The van der Waals surface area contributed by atoms with Crippen LogP contribution in [0.3, 0.4) is 0 Å². The van der Waals surface area contributed by atoms with Gasteiger partial charge in [0.15, 0.2) is 0 Å². The molecule has 0 aromatic heterocycles. The van der Waals surface area contributed by atoms with Crippen molar-refractivity contribution in [1.29, 1.82) is 0 Å². The minimum absolute atomic E-state index is 0.155. The zero-order chi connectivity index (χ0) is 10.7. The topological polar surface area (TPSA) is 20.2 Å². The average Bonchev–Trinajstić information content (AvgIpc) is 2.30. The van der Waals surface area contributed by atoms with E-state index in [1.807, 2.05) is 12.1 Å². The highest BCUT2D eigenvalue weighted by atomic mass is 16.3. The van der Waals surface area contributed by atoms with E-state index in [0.29, 0.717) is 0 Å². The Morgan fingerprint density at radius 1 is 1.07 bits per heavy atom. The zero-order valence-corrected chi connectivity index (χ0v) is 9.45. The van der Waals surface area contributed by atoms with Gasteiger partial charge in [-0.3, -0.25) is 0 Å². The first-order valence-corrected chi connectivity index (χ1v) is 5.99. The Morgan fingerprint density at radius 2 is 1.67 bits per heavy atom. The number of benzene rings is 1. The SMILES string of the molecule is CC1CCC(c2ccc(CO)cc2)CC1. The van der Waals surface area contributed by atoms with Crippen molar-refractivity contribution in [2.75, 3.05) is 0 Å². The van der Waals surface area contributed by atoms with Crippen LogP contribution in [-0.4, -0.2) is 5.11 Å². The fraction of sp³-hybridized carbons (Fsp3) is 0.571. The number of rotatable bonds is 2. The van der Waals surface area contributed by atoms with E-state index in [2.05, 4.69) is 19.1 Å². The molecular weight excluding hydrogens is 184 g/mol. The average molecular weight is 204 g/mol. The molecule has 1 fully saturated rings. The molecule has 1 heteroatoms. The lowest BCUT2D eigenvalue weighted by Crippen LogP contribution is -2.10. The predicted octanol–water partition coefficient (Wildman–Crippen LogP) is 3.47. The summed E-state index contributed by atoms with van der Waals surface area (Å²) in [6.07, 6.45) is 5.40. The fourth-order valence-electron chi connectivity index (χ4n) is 2.49. The first-order valence-electron chi connectivity index (χ1n) is 5.99. The molecule has 0 spiro atoms. The molecule has 15 heavy (non-hydrogen) atoms. The maximum absolute atomic E-state index is 8.97. The van der Waals surface area contributed by atoms with E-state index >= 15 is 0 Å². The molecular formula is C14H20O. The normalized spacial score (nSPS) is 26.5. The molecule has 2 rings (SSSR count). The minimum Gasteiger partial charge on any atom is -0.392 e. The van der Waals surface area contributed by atoms with E-state index in [0.717, 1.165) is 17.4 Å². The van der Waals surface area contributed by atoms with Gasteiger partial charge in [-0.15, -0.1) is 0 Å². The third-order valence-electron chi connectivity index (χ3n) is 3.65. The minimum atomic E-state index is 0.155. The Morgan fingerprint density at radius 3 is 2.20 bits per heavy atom. The maximum Gasteiger partial charge on any atom is 0.0681 e. The summed E-state index contributed by atoms with van der Waals surface area (Å²) in [5.41, 5.74) is 2.47. The van der Waals surface area contributed by atoms with Gasteiger partial charge in [-0.2, -0.15) is 0 Å². The molecule has 0 atom stereocenters. The van der Waals surface area contributed by atoms with Crippen LogP contribution >= 0.6 is 0 Å². The lowest BCUT2D eigenvalue weighted by Gasteiger charge is -2.26. The highest BCUT2D eigenvalue weighted by molar-refractivity contribution is 5.25. The Kier molecular flexibility index (Phi) is 3.42. The second kappa shape index (κ2) is 4.80. The van der Waals surface area contributed by atoms with Gasteiger partial charge in [-0.1, -0.05) is 44.0 Å². The van der Waals surface area contributed by atoms with Gasteiger partial charge < -0.3 is 5.11 Å². The summed E-state index contributed by atoms with van der Waals surface area (Å²) < 4.78 is 0. The van der Waals surface area contributed by atoms with E-state index in [-0.39, 0.29) is 6.61 Å². The van der Waals surface area contributed by atoms with Crippen molar-refractivity contribution in [3.05, 3.63) is 35.4 Å². The van der Waals surface area contributed by atoms with E-state index < -0.39 is 0 Å². The Balaban J connectivity index is 2.03. The Bertz CT molecular complexity index is 294. The lowest BCUT2D eigenvalue weighted by atomic mass is 9.79. The van der Waals surface area contributed by atoms with Crippen LogP contribution in [0.4, 0.5) is 0 Å². The molecule has 0 aliphatic heterocycles. The van der Waals surface area contributed by atoms with Gasteiger partial charge in [-0.05, 0) is 35.8 Å². The van der Waals surface area contributed by atoms with Crippen LogP contribution in [0.1, 0.15) is 49.7 Å². The first-order chi connectivity index (χ1) is 7.29. The van der Waals surface area contributed by atoms with Crippen LogP contribution in [0.5, 0.6) is 0 Å². The number of hydrogen-bond donors (Lipinski definition) is 1. The van der Waals surface area contributed by atoms with Crippen LogP contribution in [0.2, 0.25) is 0 Å². The lowest BCUT2D eigenvalue weighted by molar-refractivity contribution is 0.281. The first kappa shape index (κ1) is 10.7. The largest absolute Gasteiger partial charge is 0.392 e. The summed E-state index contributed by atoms with van der Waals surface area (Å²) in [7, 11) is 0. The van der Waals surface area contributed by atoms with Crippen molar-refractivity contribution >= 4 is 0 Å². The predicted molar refractivity (Wildman–Crippen MR) is 62.7 cm³/mol. The molecule has 1 nitrogen and oxygen atoms in total. The molecule has 0 radical (unpaired) electrons. The molecule has 1 aliphatic rings. The Labute approximate surface area is 92.1 Å². The summed E-state index contributed by atoms with van der Waals surface area (Å²) in [6, 6.07) is 8.47. The molecule has 1 saturated carbocycles. The molecule has 0 unspecified atom stereocenters. The van der Waals surface area contributed by atoms with Gasteiger partial charge in [0.2, 0.25) is 0 Å². The van der Waals surface area contributed by atoms with Gasteiger partial charge in [0.05, 0.1) is 6.61 Å². The Hall–Kier alpha value is -0.820. The molecule has 1 aliphatic carbocycles. The van der Waals surface area contributed by atoms with Crippen molar-refractivity contribution in [3.8, 4) is 0 Å². The van der Waals surface area contributed by atoms with Crippen LogP contribution in [0, 0.1) is 5.92 Å². The van der Waals surface area contributed by atoms with Gasteiger partial charge in [0, 0.05) is 0 Å². The van der Waals surface area contributed by atoms with E-state index in [1.54, 1.807) is 0 Å². The molecule has 0 saturated heterocycles.